The van der Waals surface area contributed by atoms with Gasteiger partial charge in [-0.05, 0) is 13.8 Å². The van der Waals surface area contributed by atoms with Crippen molar-refractivity contribution in [2.45, 2.75) is 26.7 Å². The molecular weight excluding hydrogens is 158 g/mol. The fraction of sp³-hybridized carbons (Fsp3) is 0.625. The van der Waals surface area contributed by atoms with Gasteiger partial charge < -0.3 is 10.1 Å². The van der Waals surface area contributed by atoms with Crippen molar-refractivity contribution < 1.29 is 14.3 Å². The summed E-state index contributed by atoms with van der Waals surface area (Å²) >= 11 is 0. The SMILES string of the molecule is C[CH]NC(=O)CCC(=O)OCC. The standard InChI is InChI=1S/C8H14NO3/c1-3-9-7(10)5-6-8(11)12-4-2/h3H,4-6H2,1-2H3,(H,9,10). The minimum absolute atomic E-state index is 0.146. The second kappa shape index (κ2) is 6.64. The molecule has 0 fully saturated rings. The molecule has 0 heterocycles. The van der Waals surface area contributed by atoms with E-state index >= 15 is 0 Å². The highest BCUT2D eigenvalue weighted by molar-refractivity contribution is 5.81. The van der Waals surface area contributed by atoms with Gasteiger partial charge in [-0.25, -0.2) is 0 Å². The minimum atomic E-state index is -0.330. The quantitative estimate of drug-likeness (QED) is 0.619. The van der Waals surface area contributed by atoms with E-state index in [0.717, 1.165) is 0 Å². The molecule has 0 aromatic heterocycles. The van der Waals surface area contributed by atoms with Crippen molar-refractivity contribution in [1.82, 2.24) is 5.32 Å². The van der Waals surface area contributed by atoms with Gasteiger partial charge in [-0.3, -0.25) is 9.59 Å². The predicted molar refractivity (Wildman–Crippen MR) is 44.0 cm³/mol. The van der Waals surface area contributed by atoms with Crippen LogP contribution in [0.2, 0.25) is 0 Å². The molecule has 4 heteroatoms. The second-order valence-electron chi connectivity index (χ2n) is 2.16. The van der Waals surface area contributed by atoms with Crippen molar-refractivity contribution >= 4 is 11.9 Å². The van der Waals surface area contributed by atoms with Crippen LogP contribution in [0.15, 0.2) is 0 Å². The molecule has 0 aliphatic carbocycles. The highest BCUT2D eigenvalue weighted by Crippen LogP contribution is 1.92. The van der Waals surface area contributed by atoms with Gasteiger partial charge in [-0.1, -0.05) is 0 Å². The third kappa shape index (κ3) is 5.70. The molecule has 0 aromatic carbocycles. The van der Waals surface area contributed by atoms with Crippen LogP contribution in [-0.4, -0.2) is 18.5 Å². The number of carbonyl (C=O) groups excluding carboxylic acids is 2. The summed E-state index contributed by atoms with van der Waals surface area (Å²) in [7, 11) is 0. The zero-order valence-corrected chi connectivity index (χ0v) is 7.42. The monoisotopic (exact) mass is 172 g/mol. The zero-order valence-electron chi connectivity index (χ0n) is 7.42. The molecule has 69 valence electrons. The fourth-order valence-electron chi connectivity index (χ4n) is 0.682. The molecule has 0 bridgehead atoms. The Kier molecular flexibility index (Phi) is 6.05. The number of hydrogen-bond acceptors (Lipinski definition) is 3. The number of ether oxygens (including phenoxy) is 1. The van der Waals surface area contributed by atoms with Crippen LogP contribution in [0, 0.1) is 6.54 Å². The van der Waals surface area contributed by atoms with Gasteiger partial charge in [0.25, 0.3) is 0 Å². The summed E-state index contributed by atoms with van der Waals surface area (Å²) < 4.78 is 4.64. The maximum Gasteiger partial charge on any atom is 0.306 e. The van der Waals surface area contributed by atoms with Crippen LogP contribution < -0.4 is 5.32 Å². The smallest absolute Gasteiger partial charge is 0.306 e. The first-order valence-corrected chi connectivity index (χ1v) is 3.93. The van der Waals surface area contributed by atoms with E-state index in [0.29, 0.717) is 6.61 Å². The summed E-state index contributed by atoms with van der Waals surface area (Å²) in [6, 6.07) is 0. The van der Waals surface area contributed by atoms with Gasteiger partial charge in [0.1, 0.15) is 0 Å². The lowest BCUT2D eigenvalue weighted by atomic mass is 10.3. The topological polar surface area (TPSA) is 55.4 Å². The summed E-state index contributed by atoms with van der Waals surface area (Å²) in [6.45, 7) is 5.34. The zero-order chi connectivity index (χ0) is 9.40. The van der Waals surface area contributed by atoms with E-state index in [1.807, 2.05) is 0 Å². The number of rotatable bonds is 5. The first-order chi connectivity index (χ1) is 5.70. The largest absolute Gasteiger partial charge is 0.466 e. The van der Waals surface area contributed by atoms with Gasteiger partial charge in [-0.2, -0.15) is 0 Å². The van der Waals surface area contributed by atoms with E-state index in [-0.39, 0.29) is 24.7 Å². The van der Waals surface area contributed by atoms with E-state index in [1.54, 1.807) is 13.8 Å². The van der Waals surface area contributed by atoms with E-state index in [9.17, 15) is 9.59 Å². The highest BCUT2D eigenvalue weighted by atomic mass is 16.5. The van der Waals surface area contributed by atoms with Crippen molar-refractivity contribution in [2.75, 3.05) is 6.61 Å². The van der Waals surface area contributed by atoms with Crippen molar-refractivity contribution in [1.29, 1.82) is 0 Å². The molecule has 0 saturated heterocycles. The van der Waals surface area contributed by atoms with E-state index in [1.165, 1.54) is 6.54 Å². The Bertz CT molecular complexity index is 138. The van der Waals surface area contributed by atoms with Crippen LogP contribution in [0.25, 0.3) is 0 Å². The normalized spacial score (nSPS) is 9.17. The Hall–Kier alpha value is -1.06. The molecule has 0 aromatic rings. The average molecular weight is 172 g/mol. The molecule has 4 nitrogen and oxygen atoms in total. The summed E-state index contributed by atoms with van der Waals surface area (Å²) in [6.07, 6.45) is 0.330. The lowest BCUT2D eigenvalue weighted by Crippen LogP contribution is -2.20. The van der Waals surface area contributed by atoms with Crippen LogP contribution in [0.4, 0.5) is 0 Å². The summed E-state index contributed by atoms with van der Waals surface area (Å²) in [5.74, 6) is -0.491. The number of amides is 1. The summed E-state index contributed by atoms with van der Waals surface area (Å²) in [5.41, 5.74) is 0. The first kappa shape index (κ1) is 10.9. The van der Waals surface area contributed by atoms with Crippen molar-refractivity contribution in [3.8, 4) is 0 Å². The number of esters is 1. The van der Waals surface area contributed by atoms with Gasteiger partial charge in [0.15, 0.2) is 0 Å². The van der Waals surface area contributed by atoms with Crippen molar-refractivity contribution in [3.63, 3.8) is 0 Å². The molecule has 0 aliphatic rings. The van der Waals surface area contributed by atoms with Crippen LogP contribution in [0.5, 0.6) is 0 Å². The summed E-state index contributed by atoms with van der Waals surface area (Å²) in [4.78, 5) is 21.5. The molecule has 1 radical (unpaired) electrons. The molecule has 0 atom stereocenters. The third-order valence-corrected chi connectivity index (χ3v) is 1.17. The van der Waals surface area contributed by atoms with Crippen LogP contribution >= 0.6 is 0 Å². The van der Waals surface area contributed by atoms with Crippen LogP contribution in [0.3, 0.4) is 0 Å². The predicted octanol–water partition coefficient (Wildman–Crippen LogP) is 0.628. The number of carbonyl (C=O) groups is 2. The third-order valence-electron chi connectivity index (χ3n) is 1.17. The van der Waals surface area contributed by atoms with Gasteiger partial charge in [-0.15, -0.1) is 0 Å². The second-order valence-corrected chi connectivity index (χ2v) is 2.16. The molecule has 1 amide bonds. The molecule has 0 rings (SSSR count). The number of hydrogen-bond donors (Lipinski definition) is 1. The first-order valence-electron chi connectivity index (χ1n) is 3.93. The van der Waals surface area contributed by atoms with Crippen LogP contribution in [0.1, 0.15) is 26.7 Å². The Morgan fingerprint density at radius 1 is 1.42 bits per heavy atom. The van der Waals surface area contributed by atoms with Gasteiger partial charge in [0, 0.05) is 13.0 Å². The molecule has 0 unspecified atom stereocenters. The van der Waals surface area contributed by atoms with Crippen molar-refractivity contribution in [3.05, 3.63) is 6.54 Å². The van der Waals surface area contributed by atoms with E-state index in [2.05, 4.69) is 10.1 Å². The average Bonchev–Trinajstić information content (AvgIpc) is 2.02. The van der Waals surface area contributed by atoms with Crippen LogP contribution in [-0.2, 0) is 14.3 Å². The Morgan fingerprint density at radius 2 is 2.08 bits per heavy atom. The molecule has 0 saturated carbocycles. The maximum atomic E-state index is 10.8. The minimum Gasteiger partial charge on any atom is -0.466 e. The van der Waals surface area contributed by atoms with Crippen molar-refractivity contribution in [2.24, 2.45) is 0 Å². The molecule has 0 aliphatic heterocycles. The Morgan fingerprint density at radius 3 is 2.58 bits per heavy atom. The molecular formula is C8H14NO3. The number of nitrogens with one attached hydrogen (secondary N) is 1. The lowest BCUT2D eigenvalue weighted by Gasteiger charge is -2.01. The fourth-order valence-corrected chi connectivity index (χ4v) is 0.682. The lowest BCUT2D eigenvalue weighted by molar-refractivity contribution is -0.144. The summed E-state index contributed by atoms with van der Waals surface area (Å²) in [5, 5.41) is 2.47. The van der Waals surface area contributed by atoms with Gasteiger partial charge >= 0.3 is 5.97 Å². The highest BCUT2D eigenvalue weighted by Gasteiger charge is 2.05. The van der Waals surface area contributed by atoms with Gasteiger partial charge in [0.05, 0.1) is 13.0 Å². The van der Waals surface area contributed by atoms with Gasteiger partial charge in [0.2, 0.25) is 5.91 Å². The van der Waals surface area contributed by atoms with E-state index in [4.69, 9.17) is 0 Å². The Balaban J connectivity index is 3.40. The van der Waals surface area contributed by atoms with E-state index < -0.39 is 0 Å². The maximum absolute atomic E-state index is 10.8. The Labute approximate surface area is 72.3 Å². The molecule has 12 heavy (non-hydrogen) atoms. The molecule has 0 spiro atoms. The molecule has 1 N–H and O–H groups in total.